The maximum atomic E-state index is 4.90. The fourth-order valence-corrected chi connectivity index (χ4v) is 3.71. The van der Waals surface area contributed by atoms with Crippen LogP contribution < -0.4 is 10.4 Å². The molecular weight excluding hydrogens is 328 g/mol. The number of aryl methyl sites for hydroxylation is 3. The van der Waals surface area contributed by atoms with Crippen LogP contribution in [-0.4, -0.2) is 8.52 Å². The minimum atomic E-state index is 0.832. The first-order valence-corrected chi connectivity index (χ1v) is 9.41. The van der Waals surface area contributed by atoms with E-state index in [1.165, 1.54) is 11.1 Å². The first kappa shape index (κ1) is 17.4. The average Bonchev–Trinajstić information content (AvgIpc) is 2.91. The number of hydrogen-bond acceptors (Lipinski definition) is 3. The SMILES string of the molecule is CCn1sc(=Nc2cccc(C)c2)n(CC)c1=Nc1cccc(C)c1. The summed E-state index contributed by atoms with van der Waals surface area (Å²) in [6.45, 7) is 10.2. The van der Waals surface area contributed by atoms with Gasteiger partial charge >= 0.3 is 0 Å². The molecular formula is C20H24N4S. The molecule has 0 aliphatic rings. The maximum absolute atomic E-state index is 4.90. The average molecular weight is 353 g/mol. The van der Waals surface area contributed by atoms with Crippen molar-refractivity contribution in [2.75, 3.05) is 0 Å². The van der Waals surface area contributed by atoms with E-state index in [0.717, 1.165) is 34.9 Å². The molecule has 130 valence electrons. The third kappa shape index (κ3) is 3.99. The molecule has 5 heteroatoms. The zero-order valence-electron chi connectivity index (χ0n) is 15.2. The number of nitrogens with zero attached hydrogens (tertiary/aromatic N) is 4. The van der Waals surface area contributed by atoms with E-state index in [9.17, 15) is 0 Å². The van der Waals surface area contributed by atoms with Gasteiger partial charge in [0.15, 0.2) is 0 Å². The lowest BCUT2D eigenvalue weighted by Crippen LogP contribution is -2.29. The van der Waals surface area contributed by atoms with E-state index in [1.54, 1.807) is 11.5 Å². The van der Waals surface area contributed by atoms with Crippen molar-refractivity contribution in [3.63, 3.8) is 0 Å². The molecule has 0 bridgehead atoms. The van der Waals surface area contributed by atoms with Crippen LogP contribution in [-0.2, 0) is 13.1 Å². The molecule has 0 unspecified atom stereocenters. The highest BCUT2D eigenvalue weighted by molar-refractivity contribution is 7.03. The summed E-state index contributed by atoms with van der Waals surface area (Å²) >= 11 is 1.65. The topological polar surface area (TPSA) is 34.6 Å². The van der Waals surface area contributed by atoms with Crippen LogP contribution in [0.1, 0.15) is 25.0 Å². The molecule has 1 heterocycles. The summed E-state index contributed by atoms with van der Waals surface area (Å²) in [4.78, 5) is 10.7. The second kappa shape index (κ2) is 7.66. The first-order valence-electron chi connectivity index (χ1n) is 8.64. The highest BCUT2D eigenvalue weighted by Crippen LogP contribution is 2.14. The van der Waals surface area contributed by atoms with Gasteiger partial charge < -0.3 is 0 Å². The van der Waals surface area contributed by atoms with E-state index in [-0.39, 0.29) is 0 Å². The van der Waals surface area contributed by atoms with Crippen molar-refractivity contribution in [1.29, 1.82) is 0 Å². The molecule has 0 saturated heterocycles. The Morgan fingerprint density at radius 3 is 1.96 bits per heavy atom. The predicted molar refractivity (Wildman–Crippen MR) is 104 cm³/mol. The number of aromatic nitrogens is 2. The van der Waals surface area contributed by atoms with E-state index in [1.807, 2.05) is 24.3 Å². The maximum Gasteiger partial charge on any atom is 0.221 e. The second-order valence-electron chi connectivity index (χ2n) is 6.01. The molecule has 3 rings (SSSR count). The van der Waals surface area contributed by atoms with Gasteiger partial charge in [0.25, 0.3) is 0 Å². The molecule has 0 radical (unpaired) electrons. The molecule has 0 aliphatic carbocycles. The summed E-state index contributed by atoms with van der Waals surface area (Å²) in [5.74, 6) is 0. The van der Waals surface area contributed by atoms with E-state index in [4.69, 9.17) is 9.98 Å². The summed E-state index contributed by atoms with van der Waals surface area (Å²) in [7, 11) is 0. The van der Waals surface area contributed by atoms with Crippen LogP contribution in [0.3, 0.4) is 0 Å². The molecule has 3 aromatic rings. The fourth-order valence-electron chi connectivity index (χ4n) is 2.71. The van der Waals surface area contributed by atoms with E-state index in [0.29, 0.717) is 0 Å². The van der Waals surface area contributed by atoms with E-state index >= 15 is 0 Å². The Balaban J connectivity index is 2.22. The van der Waals surface area contributed by atoms with Crippen molar-refractivity contribution in [2.45, 2.75) is 40.8 Å². The summed E-state index contributed by atoms with van der Waals surface area (Å²) in [6.07, 6.45) is 0. The van der Waals surface area contributed by atoms with Crippen LogP contribution in [0, 0.1) is 13.8 Å². The minimum absolute atomic E-state index is 0.832. The zero-order chi connectivity index (χ0) is 17.8. The lowest BCUT2D eigenvalue weighted by atomic mass is 10.2. The van der Waals surface area contributed by atoms with Crippen molar-refractivity contribution in [1.82, 2.24) is 8.52 Å². The monoisotopic (exact) mass is 352 g/mol. The van der Waals surface area contributed by atoms with Gasteiger partial charge in [-0.05, 0) is 74.6 Å². The van der Waals surface area contributed by atoms with Crippen molar-refractivity contribution in [3.8, 4) is 0 Å². The van der Waals surface area contributed by atoms with Crippen LogP contribution in [0.15, 0.2) is 58.5 Å². The molecule has 0 N–H and O–H groups in total. The fraction of sp³-hybridized carbons (Fsp3) is 0.300. The Kier molecular flexibility index (Phi) is 5.34. The molecule has 4 nitrogen and oxygen atoms in total. The molecule has 0 spiro atoms. The third-order valence-electron chi connectivity index (χ3n) is 3.95. The van der Waals surface area contributed by atoms with Crippen molar-refractivity contribution in [3.05, 3.63) is 70.1 Å². The lowest BCUT2D eigenvalue weighted by Gasteiger charge is -2.01. The van der Waals surface area contributed by atoms with Crippen LogP contribution >= 0.6 is 11.5 Å². The Labute approximate surface area is 152 Å². The Hall–Kier alpha value is -2.40. The van der Waals surface area contributed by atoms with Crippen LogP contribution in [0.4, 0.5) is 11.4 Å². The van der Waals surface area contributed by atoms with Gasteiger partial charge in [-0.25, -0.2) is 9.98 Å². The number of hydrogen-bond donors (Lipinski definition) is 0. The van der Waals surface area contributed by atoms with Crippen LogP contribution in [0.2, 0.25) is 0 Å². The Morgan fingerprint density at radius 1 is 0.840 bits per heavy atom. The van der Waals surface area contributed by atoms with Crippen molar-refractivity contribution in [2.24, 2.45) is 9.98 Å². The predicted octanol–water partition coefficient (Wildman–Crippen LogP) is 4.47. The molecule has 0 aliphatic heterocycles. The van der Waals surface area contributed by atoms with Gasteiger partial charge in [-0.15, -0.1) is 0 Å². The highest BCUT2D eigenvalue weighted by atomic mass is 32.1. The largest absolute Gasteiger partial charge is 0.286 e. The van der Waals surface area contributed by atoms with Gasteiger partial charge in [0.2, 0.25) is 10.4 Å². The summed E-state index contributed by atoms with van der Waals surface area (Å²) < 4.78 is 4.37. The van der Waals surface area contributed by atoms with Gasteiger partial charge in [0.05, 0.1) is 11.4 Å². The van der Waals surface area contributed by atoms with Crippen LogP contribution in [0.5, 0.6) is 0 Å². The van der Waals surface area contributed by atoms with E-state index in [2.05, 4.69) is 60.5 Å². The smallest absolute Gasteiger partial charge is 0.221 e. The van der Waals surface area contributed by atoms with Crippen LogP contribution in [0.25, 0.3) is 0 Å². The Morgan fingerprint density at radius 2 is 1.44 bits per heavy atom. The van der Waals surface area contributed by atoms with Crippen molar-refractivity contribution < 1.29 is 0 Å². The molecule has 25 heavy (non-hydrogen) atoms. The molecule has 0 saturated carbocycles. The van der Waals surface area contributed by atoms with Gasteiger partial charge in [0, 0.05) is 13.1 Å². The summed E-state index contributed by atoms with van der Waals surface area (Å²) in [5, 5.41) is 0. The quantitative estimate of drug-likeness (QED) is 0.664. The standard InChI is InChI=1S/C20H24N4S/c1-5-23-19(21-17-11-7-9-15(3)13-17)24(6-2)25-20(23)22-18-12-8-10-16(4)14-18/h7-14H,5-6H2,1-4H3. The van der Waals surface area contributed by atoms with E-state index < -0.39 is 0 Å². The molecule has 2 aromatic carbocycles. The van der Waals surface area contributed by atoms with Gasteiger partial charge in [-0.2, -0.15) is 0 Å². The third-order valence-corrected chi connectivity index (χ3v) is 5.06. The highest BCUT2D eigenvalue weighted by Gasteiger charge is 2.05. The summed E-state index contributed by atoms with van der Waals surface area (Å²) in [5.41, 5.74) is 5.34. The van der Waals surface area contributed by atoms with Crippen molar-refractivity contribution >= 4 is 22.9 Å². The minimum Gasteiger partial charge on any atom is -0.286 e. The first-order chi connectivity index (χ1) is 12.1. The zero-order valence-corrected chi connectivity index (χ0v) is 16.0. The Bertz CT molecular complexity index is 1000. The number of rotatable bonds is 4. The molecule has 0 amide bonds. The van der Waals surface area contributed by atoms with Gasteiger partial charge in [-0.3, -0.25) is 8.52 Å². The molecule has 1 aromatic heterocycles. The second-order valence-corrected chi connectivity index (χ2v) is 7.00. The normalized spacial score (nSPS) is 12.8. The molecule has 0 atom stereocenters. The number of benzene rings is 2. The molecule has 0 fully saturated rings. The van der Waals surface area contributed by atoms with Gasteiger partial charge in [0.1, 0.15) is 0 Å². The lowest BCUT2D eigenvalue weighted by molar-refractivity contribution is 0.632. The van der Waals surface area contributed by atoms with Gasteiger partial charge in [-0.1, -0.05) is 24.3 Å². The summed E-state index contributed by atoms with van der Waals surface area (Å²) in [6, 6.07) is 16.6.